The van der Waals surface area contributed by atoms with Crippen LogP contribution < -0.4 is 11.1 Å². The van der Waals surface area contributed by atoms with Crippen molar-refractivity contribution in [3.8, 4) is 0 Å². The Bertz CT molecular complexity index is 875. The molecule has 3 N–H and O–H groups in total. The van der Waals surface area contributed by atoms with Crippen molar-refractivity contribution in [1.29, 1.82) is 0 Å². The molecule has 24 heavy (non-hydrogen) atoms. The van der Waals surface area contributed by atoms with E-state index in [-0.39, 0.29) is 5.91 Å². The standard InChI is InChI=1S/C20H18N2O2/c21-19(23)18(22-20(24)16-7-2-1-3-8-16)13-14-10-11-15-6-4-5-9-17(15)12-14/h1-12,18H,13H2,(H2,21,23)(H,22,24)/t18-/m1/s1. The molecule has 0 bridgehead atoms. The number of rotatable bonds is 5. The van der Waals surface area contributed by atoms with Gasteiger partial charge in [-0.15, -0.1) is 0 Å². The van der Waals surface area contributed by atoms with Gasteiger partial charge >= 0.3 is 0 Å². The van der Waals surface area contributed by atoms with Gasteiger partial charge in [0.1, 0.15) is 6.04 Å². The Hall–Kier alpha value is -3.14. The molecular weight excluding hydrogens is 300 g/mol. The lowest BCUT2D eigenvalue weighted by molar-refractivity contribution is -0.119. The second-order valence-corrected chi connectivity index (χ2v) is 5.68. The minimum atomic E-state index is -0.751. The summed E-state index contributed by atoms with van der Waals surface area (Å²) in [7, 11) is 0. The van der Waals surface area contributed by atoms with Crippen molar-refractivity contribution in [2.75, 3.05) is 0 Å². The first-order valence-corrected chi connectivity index (χ1v) is 7.76. The van der Waals surface area contributed by atoms with E-state index in [1.54, 1.807) is 24.3 Å². The molecule has 3 rings (SSSR count). The minimum absolute atomic E-state index is 0.305. The van der Waals surface area contributed by atoms with Crippen molar-refractivity contribution in [3.05, 3.63) is 83.9 Å². The fourth-order valence-corrected chi connectivity index (χ4v) is 2.66. The van der Waals surface area contributed by atoms with Gasteiger partial charge in [-0.1, -0.05) is 60.7 Å². The highest BCUT2D eigenvalue weighted by atomic mass is 16.2. The fraction of sp³-hybridized carbons (Fsp3) is 0.100. The summed E-state index contributed by atoms with van der Waals surface area (Å²) in [4.78, 5) is 24.0. The van der Waals surface area contributed by atoms with E-state index in [4.69, 9.17) is 5.73 Å². The highest BCUT2D eigenvalue weighted by molar-refractivity contribution is 5.97. The minimum Gasteiger partial charge on any atom is -0.368 e. The van der Waals surface area contributed by atoms with Crippen molar-refractivity contribution in [3.63, 3.8) is 0 Å². The normalized spacial score (nSPS) is 11.8. The van der Waals surface area contributed by atoms with Gasteiger partial charge in [0.05, 0.1) is 0 Å². The molecule has 3 aromatic rings. The van der Waals surface area contributed by atoms with Crippen molar-refractivity contribution in [2.45, 2.75) is 12.5 Å². The van der Waals surface area contributed by atoms with E-state index in [9.17, 15) is 9.59 Å². The van der Waals surface area contributed by atoms with E-state index in [1.165, 1.54) is 0 Å². The number of carbonyl (C=O) groups is 2. The van der Waals surface area contributed by atoms with E-state index >= 15 is 0 Å². The molecule has 0 aliphatic carbocycles. The third-order valence-corrected chi connectivity index (χ3v) is 3.94. The van der Waals surface area contributed by atoms with Crippen molar-refractivity contribution in [2.24, 2.45) is 5.73 Å². The van der Waals surface area contributed by atoms with Gasteiger partial charge in [-0.3, -0.25) is 9.59 Å². The van der Waals surface area contributed by atoms with Gasteiger partial charge in [-0.05, 0) is 28.5 Å². The molecule has 0 unspecified atom stereocenters. The SMILES string of the molecule is NC(=O)[C@@H](Cc1ccc2ccccc2c1)NC(=O)c1ccccc1. The van der Waals surface area contributed by atoms with E-state index in [1.807, 2.05) is 48.5 Å². The van der Waals surface area contributed by atoms with Crippen LogP contribution in [0, 0.1) is 0 Å². The topological polar surface area (TPSA) is 72.2 Å². The first kappa shape index (κ1) is 15.7. The summed E-state index contributed by atoms with van der Waals surface area (Å²) in [6.07, 6.45) is 0.360. The summed E-state index contributed by atoms with van der Waals surface area (Å²) < 4.78 is 0. The van der Waals surface area contributed by atoms with Gasteiger partial charge < -0.3 is 11.1 Å². The number of nitrogens with one attached hydrogen (secondary N) is 1. The lowest BCUT2D eigenvalue weighted by Gasteiger charge is -2.16. The first-order valence-electron chi connectivity index (χ1n) is 7.76. The number of hydrogen-bond donors (Lipinski definition) is 2. The van der Waals surface area contributed by atoms with E-state index < -0.39 is 11.9 Å². The zero-order chi connectivity index (χ0) is 16.9. The summed E-state index contributed by atoms with van der Waals surface area (Å²) in [6, 6.07) is 22.0. The van der Waals surface area contributed by atoms with Crippen LogP contribution in [0.25, 0.3) is 10.8 Å². The molecule has 0 saturated carbocycles. The molecule has 4 heteroatoms. The molecule has 4 nitrogen and oxygen atoms in total. The molecule has 0 saturated heterocycles. The van der Waals surface area contributed by atoms with Gasteiger partial charge in [0.25, 0.3) is 5.91 Å². The van der Waals surface area contributed by atoms with E-state index in [0.29, 0.717) is 12.0 Å². The van der Waals surface area contributed by atoms with Gasteiger partial charge in [-0.25, -0.2) is 0 Å². The molecule has 0 heterocycles. The molecule has 3 aromatic carbocycles. The molecule has 0 aliphatic heterocycles. The van der Waals surface area contributed by atoms with Gasteiger partial charge in [0, 0.05) is 12.0 Å². The molecule has 0 spiro atoms. The molecule has 0 aromatic heterocycles. The molecule has 2 amide bonds. The zero-order valence-electron chi connectivity index (χ0n) is 13.1. The third kappa shape index (κ3) is 3.60. The summed E-state index contributed by atoms with van der Waals surface area (Å²) in [5, 5.41) is 4.94. The Morgan fingerprint density at radius 1 is 0.875 bits per heavy atom. The van der Waals surface area contributed by atoms with Crippen molar-refractivity contribution < 1.29 is 9.59 Å². The maximum Gasteiger partial charge on any atom is 0.251 e. The Morgan fingerprint density at radius 3 is 2.25 bits per heavy atom. The first-order chi connectivity index (χ1) is 11.6. The van der Waals surface area contributed by atoms with E-state index in [0.717, 1.165) is 16.3 Å². The molecule has 0 fully saturated rings. The summed E-state index contributed by atoms with van der Waals surface area (Å²) in [6.45, 7) is 0. The van der Waals surface area contributed by atoms with Crippen LogP contribution in [-0.4, -0.2) is 17.9 Å². The zero-order valence-corrected chi connectivity index (χ0v) is 13.1. The van der Waals surface area contributed by atoms with Crippen LogP contribution in [-0.2, 0) is 11.2 Å². The Morgan fingerprint density at radius 2 is 1.54 bits per heavy atom. The largest absolute Gasteiger partial charge is 0.368 e. The van der Waals surface area contributed by atoms with Crippen LogP contribution in [0.15, 0.2) is 72.8 Å². The second kappa shape index (κ2) is 6.96. The number of primary amides is 1. The summed E-state index contributed by atoms with van der Waals surface area (Å²) in [5.41, 5.74) is 6.92. The summed E-state index contributed by atoms with van der Waals surface area (Å²) >= 11 is 0. The maximum atomic E-state index is 12.2. The van der Waals surface area contributed by atoms with Crippen molar-refractivity contribution >= 4 is 22.6 Å². The van der Waals surface area contributed by atoms with Crippen molar-refractivity contribution in [1.82, 2.24) is 5.32 Å². The number of fused-ring (bicyclic) bond motifs is 1. The molecule has 0 radical (unpaired) electrons. The molecule has 0 aliphatic rings. The highest BCUT2D eigenvalue weighted by Gasteiger charge is 2.19. The number of benzene rings is 3. The van der Waals surface area contributed by atoms with Gasteiger partial charge in [-0.2, -0.15) is 0 Å². The van der Waals surface area contributed by atoms with Crippen LogP contribution >= 0.6 is 0 Å². The van der Waals surface area contributed by atoms with E-state index in [2.05, 4.69) is 5.32 Å². The van der Waals surface area contributed by atoms with Crippen LogP contribution in [0.5, 0.6) is 0 Å². The Balaban J connectivity index is 1.78. The summed E-state index contributed by atoms with van der Waals surface area (Å²) in [5.74, 6) is -0.854. The molecule has 1 atom stereocenters. The fourth-order valence-electron chi connectivity index (χ4n) is 2.66. The van der Waals surface area contributed by atoms with Gasteiger partial charge in [0.15, 0.2) is 0 Å². The number of nitrogens with two attached hydrogens (primary N) is 1. The number of carbonyl (C=O) groups excluding carboxylic acids is 2. The lowest BCUT2D eigenvalue weighted by atomic mass is 10.0. The highest BCUT2D eigenvalue weighted by Crippen LogP contribution is 2.16. The monoisotopic (exact) mass is 318 g/mol. The second-order valence-electron chi connectivity index (χ2n) is 5.68. The number of hydrogen-bond acceptors (Lipinski definition) is 2. The van der Waals surface area contributed by atoms with Gasteiger partial charge in [0.2, 0.25) is 5.91 Å². The third-order valence-electron chi connectivity index (χ3n) is 3.94. The average molecular weight is 318 g/mol. The predicted molar refractivity (Wildman–Crippen MR) is 94.5 cm³/mol. The van der Waals surface area contributed by atoms with Crippen LogP contribution in [0.3, 0.4) is 0 Å². The predicted octanol–water partition coefficient (Wildman–Crippen LogP) is 2.67. The molecular formula is C20H18N2O2. The van der Waals surface area contributed by atoms with Crippen LogP contribution in [0.1, 0.15) is 15.9 Å². The Labute approximate surface area is 140 Å². The molecule has 120 valence electrons. The van der Waals surface area contributed by atoms with Crippen LogP contribution in [0.2, 0.25) is 0 Å². The number of amides is 2. The van der Waals surface area contributed by atoms with Crippen LogP contribution in [0.4, 0.5) is 0 Å². The quantitative estimate of drug-likeness (QED) is 0.759. The smallest absolute Gasteiger partial charge is 0.251 e. The lowest BCUT2D eigenvalue weighted by Crippen LogP contribution is -2.45. The average Bonchev–Trinajstić information content (AvgIpc) is 2.61. The maximum absolute atomic E-state index is 12.2. The Kier molecular flexibility index (Phi) is 4.57.